The van der Waals surface area contributed by atoms with E-state index < -0.39 is 0 Å². The van der Waals surface area contributed by atoms with Gasteiger partial charge < -0.3 is 0 Å². The normalized spacial score (nSPS) is 11.0. The molecule has 2 radical (unpaired) electrons. The summed E-state index contributed by atoms with van der Waals surface area (Å²) in [5.41, 5.74) is 2.15. The summed E-state index contributed by atoms with van der Waals surface area (Å²) in [4.78, 5) is 0. The molecule has 0 N–H and O–H groups in total. The van der Waals surface area contributed by atoms with E-state index in [1.807, 2.05) is 16.9 Å². The second-order valence-corrected chi connectivity index (χ2v) is 6.25. The highest BCUT2D eigenvalue weighted by Gasteiger charge is 2.15. The summed E-state index contributed by atoms with van der Waals surface area (Å²) >= 11 is 0. The van der Waals surface area contributed by atoms with Crippen molar-refractivity contribution >= 4 is 9.52 Å². The molecule has 1 aromatic heterocycles. The lowest BCUT2D eigenvalue weighted by Crippen LogP contribution is -2.17. The van der Waals surface area contributed by atoms with Crippen LogP contribution in [0.1, 0.15) is 16.7 Å². The van der Waals surface area contributed by atoms with Gasteiger partial charge in [-0.1, -0.05) is 24.3 Å². The second-order valence-electron chi connectivity index (χ2n) is 4.94. The molecule has 0 saturated carbocycles. The topological polar surface area (TPSA) is 17.8 Å². The Bertz CT molecular complexity index is 664. The average Bonchev–Trinajstić information content (AvgIpc) is 3.04. The van der Waals surface area contributed by atoms with E-state index in [0.717, 1.165) is 17.3 Å². The molecule has 22 heavy (non-hydrogen) atoms. The van der Waals surface area contributed by atoms with Crippen molar-refractivity contribution in [1.82, 2.24) is 9.78 Å². The highest BCUT2D eigenvalue weighted by Crippen LogP contribution is 2.24. The van der Waals surface area contributed by atoms with Gasteiger partial charge in [0.15, 0.2) is 0 Å². The molecule has 0 amide bonds. The second kappa shape index (κ2) is 6.66. The molecule has 0 aliphatic rings. The first kappa shape index (κ1) is 14.7. The molecule has 2 nitrogen and oxygen atoms in total. The van der Waals surface area contributed by atoms with E-state index in [4.69, 9.17) is 0 Å². The first-order valence-electron chi connectivity index (χ1n) is 6.94. The Morgan fingerprint density at radius 3 is 1.91 bits per heavy atom. The lowest BCUT2D eigenvalue weighted by atomic mass is 10.0. The van der Waals surface area contributed by atoms with Crippen LogP contribution in [0.2, 0.25) is 0 Å². The zero-order valence-corrected chi connectivity index (χ0v) is 12.8. The summed E-state index contributed by atoms with van der Waals surface area (Å²) in [6, 6.07) is 14.9. The Labute approximate surface area is 130 Å². The van der Waals surface area contributed by atoms with Gasteiger partial charge in [0.25, 0.3) is 0 Å². The third-order valence-corrected chi connectivity index (χ3v) is 5.00. The van der Waals surface area contributed by atoms with Crippen molar-refractivity contribution < 1.29 is 8.78 Å². The van der Waals surface area contributed by atoms with Crippen LogP contribution < -0.4 is 0 Å². The number of rotatable bonds is 5. The molecule has 3 aromatic rings. The van der Waals surface area contributed by atoms with Gasteiger partial charge in [0, 0.05) is 24.1 Å². The van der Waals surface area contributed by atoms with Crippen LogP contribution in [0.5, 0.6) is 0 Å². The van der Waals surface area contributed by atoms with E-state index in [9.17, 15) is 8.78 Å². The smallest absolute Gasteiger partial charge is 0.123 e. The van der Waals surface area contributed by atoms with Gasteiger partial charge in [-0.25, -0.2) is 8.78 Å². The average molecular weight is 312 g/mol. The summed E-state index contributed by atoms with van der Waals surface area (Å²) in [5, 5.41) is 4.21. The SMILES string of the molecule is Fc1ccc(C([Si]Cn2cccn2)c2ccc(F)cc2)cc1. The third kappa shape index (κ3) is 3.48. The van der Waals surface area contributed by atoms with Gasteiger partial charge in [-0.3, -0.25) is 4.68 Å². The first-order chi connectivity index (χ1) is 10.7. The van der Waals surface area contributed by atoms with Crippen molar-refractivity contribution in [2.75, 3.05) is 0 Å². The van der Waals surface area contributed by atoms with Gasteiger partial charge in [0.2, 0.25) is 0 Å². The van der Waals surface area contributed by atoms with E-state index in [-0.39, 0.29) is 17.2 Å². The van der Waals surface area contributed by atoms with Gasteiger partial charge in [0.05, 0.1) is 9.52 Å². The predicted octanol–water partition coefficient (Wildman–Crippen LogP) is 3.61. The quantitative estimate of drug-likeness (QED) is 0.658. The summed E-state index contributed by atoms with van der Waals surface area (Å²) in [6.45, 7) is 0. The minimum atomic E-state index is -0.253. The van der Waals surface area contributed by atoms with Crippen LogP contribution in [0.15, 0.2) is 67.0 Å². The fourth-order valence-electron chi connectivity index (χ4n) is 2.32. The molecular weight excluding hydrogens is 298 g/mol. The van der Waals surface area contributed by atoms with Crippen LogP contribution in [-0.4, -0.2) is 19.3 Å². The molecule has 0 spiro atoms. The third-order valence-electron chi connectivity index (χ3n) is 3.42. The number of hydrogen-bond donors (Lipinski definition) is 0. The predicted molar refractivity (Wildman–Crippen MR) is 82.6 cm³/mol. The van der Waals surface area contributed by atoms with Gasteiger partial charge in [0.1, 0.15) is 11.6 Å². The Kier molecular flexibility index (Phi) is 4.44. The standard InChI is InChI=1S/C17H14F2N2Si/c18-15-6-2-13(3-7-15)17(14-4-8-16(19)9-5-14)22-12-21-11-1-10-20-21/h1-11,17H,12H2. The molecular formula is C17H14F2N2Si. The Morgan fingerprint density at radius 2 is 1.45 bits per heavy atom. The molecule has 110 valence electrons. The van der Waals surface area contributed by atoms with Crippen LogP contribution in [0, 0.1) is 11.6 Å². The Morgan fingerprint density at radius 1 is 0.909 bits per heavy atom. The zero-order chi connectivity index (χ0) is 15.4. The summed E-state index contributed by atoms with van der Waals surface area (Å²) in [5.74, 6) is -0.506. The summed E-state index contributed by atoms with van der Waals surface area (Å²) < 4.78 is 28.2. The highest BCUT2D eigenvalue weighted by atomic mass is 28.2. The monoisotopic (exact) mass is 312 g/mol. The number of nitrogens with zero attached hydrogens (tertiary/aromatic N) is 2. The van der Waals surface area contributed by atoms with Gasteiger partial charge >= 0.3 is 0 Å². The fraction of sp³-hybridized carbons (Fsp3) is 0.118. The molecule has 0 saturated heterocycles. The maximum absolute atomic E-state index is 13.2. The van der Waals surface area contributed by atoms with E-state index in [2.05, 4.69) is 5.10 Å². The molecule has 0 bridgehead atoms. The molecule has 0 aliphatic heterocycles. The van der Waals surface area contributed by atoms with Crippen LogP contribution in [0.3, 0.4) is 0 Å². The minimum absolute atomic E-state index is 0.102. The zero-order valence-electron chi connectivity index (χ0n) is 11.8. The lowest BCUT2D eigenvalue weighted by molar-refractivity contribution is 0.626. The van der Waals surface area contributed by atoms with Crippen LogP contribution in [0.4, 0.5) is 8.78 Å². The highest BCUT2D eigenvalue weighted by molar-refractivity contribution is 6.37. The molecule has 3 rings (SSSR count). The minimum Gasteiger partial charge on any atom is -0.276 e. The molecule has 0 atom stereocenters. The van der Waals surface area contributed by atoms with Gasteiger partial charge in [-0.2, -0.15) is 5.10 Å². The van der Waals surface area contributed by atoms with Gasteiger partial charge in [-0.15, -0.1) is 0 Å². The van der Waals surface area contributed by atoms with Crippen LogP contribution >= 0.6 is 0 Å². The van der Waals surface area contributed by atoms with E-state index in [1.165, 1.54) is 24.3 Å². The Balaban J connectivity index is 1.87. The fourth-order valence-corrected chi connectivity index (χ4v) is 3.73. The summed E-state index contributed by atoms with van der Waals surface area (Å²) in [7, 11) is 0.522. The van der Waals surface area contributed by atoms with Crippen molar-refractivity contribution in [3.63, 3.8) is 0 Å². The maximum Gasteiger partial charge on any atom is 0.123 e. The largest absolute Gasteiger partial charge is 0.276 e. The maximum atomic E-state index is 13.2. The lowest BCUT2D eigenvalue weighted by Gasteiger charge is -2.17. The number of aromatic nitrogens is 2. The molecule has 0 fully saturated rings. The molecule has 1 heterocycles. The molecule has 2 aromatic carbocycles. The molecule has 0 aliphatic carbocycles. The molecule has 5 heteroatoms. The van der Waals surface area contributed by atoms with Crippen molar-refractivity contribution in [3.05, 3.63) is 89.8 Å². The first-order valence-corrected chi connectivity index (χ1v) is 8.22. The van der Waals surface area contributed by atoms with Crippen LogP contribution in [0.25, 0.3) is 0 Å². The Hall–Kier alpha value is -2.27. The van der Waals surface area contributed by atoms with Crippen molar-refractivity contribution in [1.29, 1.82) is 0 Å². The number of halogens is 2. The van der Waals surface area contributed by atoms with E-state index in [1.54, 1.807) is 30.5 Å². The van der Waals surface area contributed by atoms with Gasteiger partial charge in [-0.05, 0) is 41.5 Å². The van der Waals surface area contributed by atoms with Crippen LogP contribution in [-0.2, 0) is 6.17 Å². The molecule has 0 unspecified atom stereocenters. The van der Waals surface area contributed by atoms with Crippen molar-refractivity contribution in [3.8, 4) is 0 Å². The van der Waals surface area contributed by atoms with E-state index in [0.29, 0.717) is 9.52 Å². The van der Waals surface area contributed by atoms with Crippen molar-refractivity contribution in [2.24, 2.45) is 0 Å². The summed E-state index contributed by atoms with van der Waals surface area (Å²) in [6.07, 6.45) is 4.43. The van der Waals surface area contributed by atoms with Crippen molar-refractivity contribution in [2.45, 2.75) is 11.7 Å². The number of benzene rings is 2. The number of hydrogen-bond acceptors (Lipinski definition) is 1. The van der Waals surface area contributed by atoms with E-state index >= 15 is 0 Å².